The van der Waals surface area contributed by atoms with Gasteiger partial charge in [0.2, 0.25) is 0 Å². The minimum Gasteiger partial charge on any atom is -0.407 e. The van der Waals surface area contributed by atoms with Crippen LogP contribution in [0.4, 0.5) is 5.69 Å². The molecule has 2 nitrogen and oxygen atoms in total. The van der Waals surface area contributed by atoms with Crippen molar-refractivity contribution in [2.75, 3.05) is 5.73 Å². The molecule has 0 radical (unpaired) electrons. The summed E-state index contributed by atoms with van der Waals surface area (Å²) in [5.74, 6) is 3.59. The highest BCUT2D eigenvalue weighted by Gasteiger charge is 1.91. The third kappa shape index (κ3) is 2.55. The molecule has 0 atom stereocenters. The number of ether oxygens (including phenoxy) is 1. The average Bonchev–Trinajstić information content (AvgIpc) is 2.33. The molecule has 0 amide bonds. The first kappa shape index (κ1) is 10.1. The fraction of sp³-hybridized carbons (Fsp3) is 0. The van der Waals surface area contributed by atoms with Gasteiger partial charge in [-0.15, -0.1) is 0 Å². The van der Waals surface area contributed by atoms with Gasteiger partial charge >= 0.3 is 0 Å². The molecule has 0 saturated heterocycles. The fourth-order valence-electron chi connectivity index (χ4n) is 1.24. The molecule has 0 spiro atoms. The first-order chi connectivity index (χ1) is 7.86. The van der Waals surface area contributed by atoms with Crippen molar-refractivity contribution in [2.24, 2.45) is 0 Å². The molecule has 0 aliphatic heterocycles. The topological polar surface area (TPSA) is 35.2 Å². The van der Waals surface area contributed by atoms with E-state index in [1.54, 1.807) is 0 Å². The lowest BCUT2D eigenvalue weighted by Crippen LogP contribution is -1.89. The maximum Gasteiger partial charge on any atom is 0.140 e. The number of nitrogen functional groups attached to an aromatic ring is 1. The van der Waals surface area contributed by atoms with E-state index in [1.165, 1.54) is 0 Å². The quantitative estimate of drug-likeness (QED) is 0.579. The van der Waals surface area contributed by atoms with Crippen molar-refractivity contribution in [1.29, 1.82) is 0 Å². The Morgan fingerprint density at radius 2 is 1.56 bits per heavy atom. The summed E-state index contributed by atoms with van der Waals surface area (Å²) in [5, 5.41) is 0. The monoisotopic (exact) mass is 209 g/mol. The van der Waals surface area contributed by atoms with Crippen LogP contribution in [0.2, 0.25) is 0 Å². The average molecular weight is 209 g/mol. The van der Waals surface area contributed by atoms with Crippen molar-refractivity contribution in [3.63, 3.8) is 0 Å². The summed E-state index contributed by atoms with van der Waals surface area (Å²) < 4.78 is 5.25. The molecule has 2 heteroatoms. The Balaban J connectivity index is 2.10. The van der Waals surface area contributed by atoms with Crippen LogP contribution in [0.1, 0.15) is 5.56 Å². The van der Waals surface area contributed by atoms with E-state index >= 15 is 0 Å². The maximum atomic E-state index is 5.74. The Labute approximate surface area is 94.7 Å². The van der Waals surface area contributed by atoms with Gasteiger partial charge < -0.3 is 10.5 Å². The molecule has 0 aliphatic carbocycles. The van der Waals surface area contributed by atoms with E-state index in [9.17, 15) is 0 Å². The Hall–Kier alpha value is -2.40. The van der Waals surface area contributed by atoms with Gasteiger partial charge in [-0.05, 0) is 30.2 Å². The van der Waals surface area contributed by atoms with E-state index in [1.807, 2.05) is 54.6 Å². The van der Waals surface area contributed by atoms with E-state index in [2.05, 4.69) is 12.0 Å². The number of anilines is 1. The predicted octanol–water partition coefficient (Wildman–Crippen LogP) is 2.66. The van der Waals surface area contributed by atoms with Crippen LogP contribution >= 0.6 is 0 Å². The Bertz CT molecular complexity index is 523. The summed E-state index contributed by atoms with van der Waals surface area (Å²) >= 11 is 0. The number of benzene rings is 2. The van der Waals surface area contributed by atoms with E-state index in [4.69, 9.17) is 10.5 Å². The smallest absolute Gasteiger partial charge is 0.140 e. The molecule has 2 aromatic carbocycles. The van der Waals surface area contributed by atoms with E-state index in [0.29, 0.717) is 5.69 Å². The molecule has 0 aliphatic rings. The third-order valence-electron chi connectivity index (χ3n) is 2.06. The highest BCUT2D eigenvalue weighted by molar-refractivity contribution is 5.55. The minimum absolute atomic E-state index is 0.659. The molecule has 0 aromatic heterocycles. The van der Waals surface area contributed by atoms with Crippen LogP contribution in [0.5, 0.6) is 5.75 Å². The van der Waals surface area contributed by atoms with Gasteiger partial charge in [-0.3, -0.25) is 0 Å². The van der Waals surface area contributed by atoms with Gasteiger partial charge in [0.25, 0.3) is 0 Å². The Kier molecular flexibility index (Phi) is 3.10. The normalized spacial score (nSPS) is 9.00. The molecule has 2 N–H and O–H groups in total. The molecule has 0 saturated carbocycles. The van der Waals surface area contributed by atoms with Crippen LogP contribution in [-0.2, 0) is 0 Å². The predicted molar refractivity (Wildman–Crippen MR) is 64.8 cm³/mol. The third-order valence-corrected chi connectivity index (χ3v) is 2.06. The van der Waals surface area contributed by atoms with Crippen LogP contribution in [0.25, 0.3) is 0 Å². The van der Waals surface area contributed by atoms with Crippen LogP contribution < -0.4 is 10.5 Å². The zero-order valence-electron chi connectivity index (χ0n) is 8.68. The summed E-state index contributed by atoms with van der Waals surface area (Å²) in [6.07, 6.45) is 2.63. The zero-order valence-corrected chi connectivity index (χ0v) is 8.68. The van der Waals surface area contributed by atoms with Gasteiger partial charge in [0.05, 0.1) is 5.56 Å². The maximum absolute atomic E-state index is 5.74. The summed E-state index contributed by atoms with van der Waals surface area (Å²) in [4.78, 5) is 0. The molecule has 16 heavy (non-hydrogen) atoms. The summed E-state index contributed by atoms with van der Waals surface area (Å²) in [6.45, 7) is 0. The van der Waals surface area contributed by atoms with Crippen molar-refractivity contribution in [1.82, 2.24) is 0 Å². The molecule has 0 heterocycles. The number of para-hydroxylation sites is 2. The van der Waals surface area contributed by atoms with Gasteiger partial charge in [0.1, 0.15) is 11.9 Å². The molecule has 2 aromatic rings. The Morgan fingerprint density at radius 1 is 0.875 bits per heavy atom. The lowest BCUT2D eigenvalue weighted by Gasteiger charge is -1.96. The standard InChI is InChI=1S/C14H11NO/c15-14-9-5-4-6-12(14)10-11-16-13-7-2-1-3-8-13/h1-9H,15H2. The first-order valence-corrected chi connectivity index (χ1v) is 4.93. The fourth-order valence-corrected chi connectivity index (χ4v) is 1.24. The molecule has 0 bridgehead atoms. The second kappa shape index (κ2) is 4.90. The largest absolute Gasteiger partial charge is 0.407 e. The molecule has 78 valence electrons. The van der Waals surface area contributed by atoms with Crippen molar-refractivity contribution < 1.29 is 4.74 Å². The van der Waals surface area contributed by atoms with Gasteiger partial charge in [0, 0.05) is 5.69 Å². The highest BCUT2D eigenvalue weighted by atomic mass is 16.5. The van der Waals surface area contributed by atoms with Crippen LogP contribution in [0.15, 0.2) is 54.6 Å². The first-order valence-electron chi connectivity index (χ1n) is 4.93. The number of rotatable bonds is 1. The minimum atomic E-state index is 0.659. The summed E-state index contributed by atoms with van der Waals surface area (Å²) in [7, 11) is 0. The number of hydrogen-bond donors (Lipinski definition) is 1. The van der Waals surface area contributed by atoms with Crippen LogP contribution in [0, 0.1) is 12.0 Å². The SMILES string of the molecule is Nc1ccccc1C#COc1ccccc1. The zero-order chi connectivity index (χ0) is 11.2. The van der Waals surface area contributed by atoms with Crippen LogP contribution in [-0.4, -0.2) is 0 Å². The van der Waals surface area contributed by atoms with E-state index in [0.717, 1.165) is 11.3 Å². The van der Waals surface area contributed by atoms with E-state index < -0.39 is 0 Å². The summed E-state index contributed by atoms with van der Waals surface area (Å²) in [5.41, 5.74) is 7.18. The Morgan fingerprint density at radius 3 is 2.31 bits per heavy atom. The second-order valence-corrected chi connectivity index (χ2v) is 3.23. The van der Waals surface area contributed by atoms with Crippen LogP contribution in [0.3, 0.4) is 0 Å². The number of nitrogens with two attached hydrogens (primary N) is 1. The number of hydrogen-bond acceptors (Lipinski definition) is 2. The molecular formula is C14H11NO. The van der Waals surface area contributed by atoms with Gasteiger partial charge in [-0.2, -0.15) is 0 Å². The molecule has 2 rings (SSSR count). The lowest BCUT2D eigenvalue weighted by molar-refractivity contribution is 0.520. The van der Waals surface area contributed by atoms with Gasteiger partial charge in [-0.25, -0.2) is 0 Å². The lowest BCUT2D eigenvalue weighted by atomic mass is 10.2. The van der Waals surface area contributed by atoms with Crippen molar-refractivity contribution in [2.45, 2.75) is 0 Å². The van der Waals surface area contributed by atoms with Crippen molar-refractivity contribution in [3.8, 4) is 17.8 Å². The molecule has 0 unspecified atom stereocenters. The second-order valence-electron chi connectivity index (χ2n) is 3.23. The van der Waals surface area contributed by atoms with Crippen molar-refractivity contribution >= 4 is 5.69 Å². The molecule has 0 fully saturated rings. The van der Waals surface area contributed by atoms with E-state index in [-0.39, 0.29) is 0 Å². The van der Waals surface area contributed by atoms with Crippen molar-refractivity contribution in [3.05, 3.63) is 60.2 Å². The summed E-state index contributed by atoms with van der Waals surface area (Å²) in [6, 6.07) is 16.9. The van der Waals surface area contributed by atoms with Gasteiger partial charge in [0.15, 0.2) is 0 Å². The van der Waals surface area contributed by atoms with Gasteiger partial charge in [-0.1, -0.05) is 30.3 Å². The molecular weight excluding hydrogens is 198 g/mol. The highest BCUT2D eigenvalue weighted by Crippen LogP contribution is 2.09.